The van der Waals surface area contributed by atoms with Gasteiger partial charge in [-0.3, -0.25) is 0 Å². The molecule has 0 spiro atoms. The van der Waals surface area contributed by atoms with Crippen molar-refractivity contribution >= 4 is 11.8 Å². The number of aromatic nitrogens is 1. The molecule has 0 radical (unpaired) electrons. The van der Waals surface area contributed by atoms with Crippen molar-refractivity contribution in [1.29, 1.82) is 0 Å². The van der Waals surface area contributed by atoms with E-state index in [2.05, 4.69) is 40.8 Å². The minimum Gasteiger partial charge on any atom is -0.465 e. The summed E-state index contributed by atoms with van der Waals surface area (Å²) >= 11 is 0. The van der Waals surface area contributed by atoms with Crippen LogP contribution in [0.3, 0.4) is 0 Å². The number of methoxy groups -OCH3 is 1. The van der Waals surface area contributed by atoms with Crippen LogP contribution in [0.4, 0.5) is 5.82 Å². The van der Waals surface area contributed by atoms with Gasteiger partial charge in [0.2, 0.25) is 0 Å². The molecule has 0 bridgehead atoms. The number of nitrogens with one attached hydrogen (secondary N) is 1. The first-order valence-corrected chi connectivity index (χ1v) is 6.45. The lowest BCUT2D eigenvalue weighted by Crippen LogP contribution is -2.31. The fourth-order valence-corrected chi connectivity index (χ4v) is 1.60. The van der Waals surface area contributed by atoms with Gasteiger partial charge >= 0.3 is 5.97 Å². The Morgan fingerprint density at radius 1 is 1.47 bits per heavy atom. The standard InChI is InChI=1S/C14H23N3O2/c1-10(2)17(4)9-8-15-13-7-6-12(11(3)16-13)14(18)19-5/h6-7,10H,8-9H2,1-5H3,(H,15,16). The summed E-state index contributed by atoms with van der Waals surface area (Å²) in [6.45, 7) is 7.88. The van der Waals surface area contributed by atoms with E-state index in [-0.39, 0.29) is 5.97 Å². The van der Waals surface area contributed by atoms with Crippen molar-refractivity contribution in [3.63, 3.8) is 0 Å². The van der Waals surface area contributed by atoms with E-state index in [4.69, 9.17) is 0 Å². The third-order valence-corrected chi connectivity index (χ3v) is 3.14. The summed E-state index contributed by atoms with van der Waals surface area (Å²) in [7, 11) is 3.46. The number of anilines is 1. The molecular formula is C14H23N3O2. The molecule has 0 aromatic carbocycles. The van der Waals surface area contributed by atoms with Gasteiger partial charge in [0.05, 0.1) is 18.4 Å². The van der Waals surface area contributed by atoms with Crippen LogP contribution in [0.2, 0.25) is 0 Å². The molecule has 5 nitrogen and oxygen atoms in total. The lowest BCUT2D eigenvalue weighted by Gasteiger charge is -2.21. The molecule has 0 amide bonds. The Bertz CT molecular complexity index is 433. The van der Waals surface area contributed by atoms with Crippen LogP contribution >= 0.6 is 0 Å². The predicted molar refractivity (Wildman–Crippen MR) is 76.6 cm³/mol. The molecule has 0 aliphatic rings. The Balaban J connectivity index is 2.57. The monoisotopic (exact) mass is 265 g/mol. The maximum atomic E-state index is 11.4. The molecule has 1 N–H and O–H groups in total. The molecule has 0 aliphatic heterocycles. The van der Waals surface area contributed by atoms with Gasteiger partial charge in [-0.25, -0.2) is 9.78 Å². The van der Waals surface area contributed by atoms with E-state index in [0.29, 0.717) is 17.3 Å². The zero-order valence-corrected chi connectivity index (χ0v) is 12.4. The molecule has 0 aliphatic carbocycles. The number of carbonyl (C=O) groups is 1. The van der Waals surface area contributed by atoms with E-state index in [1.54, 1.807) is 19.1 Å². The second-order valence-corrected chi connectivity index (χ2v) is 4.82. The average Bonchev–Trinajstić information content (AvgIpc) is 2.37. The second kappa shape index (κ2) is 7.09. The molecule has 0 saturated heterocycles. The number of likely N-dealkylation sites (N-methyl/N-ethyl adjacent to an activating group) is 1. The number of ether oxygens (including phenoxy) is 1. The number of hydrogen-bond donors (Lipinski definition) is 1. The second-order valence-electron chi connectivity index (χ2n) is 4.82. The Morgan fingerprint density at radius 3 is 2.68 bits per heavy atom. The summed E-state index contributed by atoms with van der Waals surface area (Å²) in [5.41, 5.74) is 1.18. The average molecular weight is 265 g/mol. The lowest BCUT2D eigenvalue weighted by atomic mass is 10.2. The molecule has 5 heteroatoms. The van der Waals surface area contributed by atoms with Crippen molar-refractivity contribution in [3.05, 3.63) is 23.4 Å². The van der Waals surface area contributed by atoms with Gasteiger partial charge in [0.1, 0.15) is 5.82 Å². The Morgan fingerprint density at radius 2 is 2.16 bits per heavy atom. The molecule has 0 saturated carbocycles. The molecular weight excluding hydrogens is 242 g/mol. The SMILES string of the molecule is COC(=O)c1ccc(NCCN(C)C(C)C)nc1C. The van der Waals surface area contributed by atoms with Crippen molar-refractivity contribution in [2.75, 3.05) is 32.6 Å². The first-order chi connectivity index (χ1) is 8.95. The minimum absolute atomic E-state index is 0.351. The first-order valence-electron chi connectivity index (χ1n) is 6.45. The molecule has 19 heavy (non-hydrogen) atoms. The number of aryl methyl sites for hydroxylation is 1. The summed E-state index contributed by atoms with van der Waals surface area (Å²) in [5, 5.41) is 3.25. The van der Waals surface area contributed by atoms with Gasteiger partial charge in [0.25, 0.3) is 0 Å². The molecule has 1 rings (SSSR count). The van der Waals surface area contributed by atoms with Crippen molar-refractivity contribution in [3.8, 4) is 0 Å². The summed E-state index contributed by atoms with van der Waals surface area (Å²) in [5.74, 6) is 0.429. The van der Waals surface area contributed by atoms with Crippen LogP contribution in [-0.4, -0.2) is 49.1 Å². The predicted octanol–water partition coefficient (Wildman–Crippen LogP) is 1.93. The van der Waals surface area contributed by atoms with E-state index in [9.17, 15) is 4.79 Å². The molecule has 1 aromatic rings. The van der Waals surface area contributed by atoms with Crippen molar-refractivity contribution in [2.24, 2.45) is 0 Å². The normalized spacial score (nSPS) is 10.9. The molecule has 1 heterocycles. The number of hydrogen-bond acceptors (Lipinski definition) is 5. The third-order valence-electron chi connectivity index (χ3n) is 3.14. The molecule has 1 aromatic heterocycles. The maximum Gasteiger partial charge on any atom is 0.339 e. The van der Waals surface area contributed by atoms with Gasteiger partial charge in [-0.1, -0.05) is 0 Å². The number of pyridine rings is 1. The number of rotatable bonds is 6. The molecule has 106 valence electrons. The largest absolute Gasteiger partial charge is 0.465 e. The highest BCUT2D eigenvalue weighted by Crippen LogP contribution is 2.11. The lowest BCUT2D eigenvalue weighted by molar-refractivity contribution is 0.0599. The van der Waals surface area contributed by atoms with Crippen LogP contribution in [0.5, 0.6) is 0 Å². The highest BCUT2D eigenvalue weighted by Gasteiger charge is 2.10. The highest BCUT2D eigenvalue weighted by atomic mass is 16.5. The van der Waals surface area contributed by atoms with Crippen LogP contribution < -0.4 is 5.32 Å². The van der Waals surface area contributed by atoms with E-state index < -0.39 is 0 Å². The van der Waals surface area contributed by atoms with E-state index in [0.717, 1.165) is 18.9 Å². The summed E-state index contributed by atoms with van der Waals surface area (Å²) in [6.07, 6.45) is 0. The van der Waals surface area contributed by atoms with Crippen molar-refractivity contribution < 1.29 is 9.53 Å². The Hall–Kier alpha value is -1.62. The van der Waals surface area contributed by atoms with Crippen LogP contribution in [0.1, 0.15) is 29.9 Å². The smallest absolute Gasteiger partial charge is 0.339 e. The fourth-order valence-electron chi connectivity index (χ4n) is 1.60. The highest BCUT2D eigenvalue weighted by molar-refractivity contribution is 5.90. The van der Waals surface area contributed by atoms with Gasteiger partial charge in [-0.05, 0) is 40.0 Å². The first kappa shape index (κ1) is 15.4. The zero-order chi connectivity index (χ0) is 14.4. The zero-order valence-electron chi connectivity index (χ0n) is 12.4. The Kier molecular flexibility index (Phi) is 5.76. The van der Waals surface area contributed by atoms with Gasteiger partial charge in [-0.2, -0.15) is 0 Å². The topological polar surface area (TPSA) is 54.5 Å². The summed E-state index contributed by atoms with van der Waals surface area (Å²) in [6, 6.07) is 4.07. The molecule has 0 fully saturated rings. The minimum atomic E-state index is -0.351. The van der Waals surface area contributed by atoms with Crippen LogP contribution in [-0.2, 0) is 4.74 Å². The van der Waals surface area contributed by atoms with Crippen LogP contribution in [0, 0.1) is 6.92 Å². The van der Waals surface area contributed by atoms with E-state index in [1.165, 1.54) is 7.11 Å². The maximum absolute atomic E-state index is 11.4. The fraction of sp³-hybridized carbons (Fsp3) is 0.571. The van der Waals surface area contributed by atoms with Crippen LogP contribution in [0.25, 0.3) is 0 Å². The Labute approximate surface area is 115 Å². The number of nitrogens with zero attached hydrogens (tertiary/aromatic N) is 2. The summed E-state index contributed by atoms with van der Waals surface area (Å²) < 4.78 is 4.69. The van der Waals surface area contributed by atoms with Gasteiger partial charge in [0.15, 0.2) is 0 Å². The quantitative estimate of drug-likeness (QED) is 0.796. The van der Waals surface area contributed by atoms with Crippen molar-refractivity contribution in [2.45, 2.75) is 26.8 Å². The van der Waals surface area contributed by atoms with Gasteiger partial charge < -0.3 is 15.0 Å². The van der Waals surface area contributed by atoms with E-state index >= 15 is 0 Å². The number of carbonyl (C=O) groups excluding carboxylic acids is 1. The van der Waals surface area contributed by atoms with E-state index in [1.807, 2.05) is 0 Å². The van der Waals surface area contributed by atoms with Gasteiger partial charge in [-0.15, -0.1) is 0 Å². The molecule has 0 unspecified atom stereocenters. The van der Waals surface area contributed by atoms with Crippen LogP contribution in [0.15, 0.2) is 12.1 Å². The van der Waals surface area contributed by atoms with Crippen molar-refractivity contribution in [1.82, 2.24) is 9.88 Å². The molecule has 0 atom stereocenters. The third kappa shape index (κ3) is 4.52. The van der Waals surface area contributed by atoms with Gasteiger partial charge in [0, 0.05) is 19.1 Å². The summed E-state index contributed by atoms with van der Waals surface area (Å²) in [4.78, 5) is 18.0. The number of esters is 1.